The largest absolute Gasteiger partial charge is 0.342 e. The molecule has 1 amide bonds. The van der Waals surface area contributed by atoms with Crippen LogP contribution in [-0.4, -0.2) is 34.0 Å². The number of hydrogen-bond acceptors (Lipinski definition) is 4. The molecule has 0 N–H and O–H groups in total. The molecular formula is C20H25N3O2. The zero-order valence-electron chi connectivity index (χ0n) is 14.7. The average Bonchev–Trinajstić information content (AvgIpc) is 3.15. The van der Waals surface area contributed by atoms with Crippen LogP contribution in [0.5, 0.6) is 0 Å². The number of carbonyl (C=O) groups excluding carboxylic acids is 1. The number of benzene rings is 1. The highest BCUT2D eigenvalue weighted by atomic mass is 16.5. The van der Waals surface area contributed by atoms with Crippen molar-refractivity contribution < 1.29 is 9.32 Å². The minimum absolute atomic E-state index is 0.196. The summed E-state index contributed by atoms with van der Waals surface area (Å²) in [7, 11) is 0. The number of nitrogens with zero attached hydrogens (tertiary/aromatic N) is 3. The smallest absolute Gasteiger partial charge is 0.226 e. The molecule has 3 rings (SSSR count). The Labute approximate surface area is 148 Å². The SMILES string of the molecule is CCc1nc([C@@H]2CCCN(C(=O)CC/C=C/c3ccccc3)C2)no1. The van der Waals surface area contributed by atoms with Crippen molar-refractivity contribution in [3.05, 3.63) is 53.7 Å². The number of piperidine rings is 1. The first kappa shape index (κ1) is 17.4. The van der Waals surface area contributed by atoms with Crippen LogP contribution in [-0.2, 0) is 11.2 Å². The van der Waals surface area contributed by atoms with E-state index < -0.39 is 0 Å². The van der Waals surface area contributed by atoms with E-state index in [1.165, 1.54) is 0 Å². The van der Waals surface area contributed by atoms with Crippen LogP contribution in [0.3, 0.4) is 0 Å². The molecule has 0 unspecified atom stereocenters. The fourth-order valence-electron chi connectivity index (χ4n) is 3.14. The highest BCUT2D eigenvalue weighted by Crippen LogP contribution is 2.25. The first-order chi connectivity index (χ1) is 12.3. The summed E-state index contributed by atoms with van der Waals surface area (Å²) in [5.41, 5.74) is 1.16. The number of carbonyl (C=O) groups is 1. The third-order valence-electron chi connectivity index (χ3n) is 4.56. The maximum Gasteiger partial charge on any atom is 0.226 e. The Kier molecular flexibility index (Phi) is 5.99. The van der Waals surface area contributed by atoms with E-state index in [1.807, 2.05) is 30.0 Å². The number of amides is 1. The number of likely N-dealkylation sites (tertiary alicyclic amines) is 1. The zero-order chi connectivity index (χ0) is 17.5. The molecule has 2 aromatic rings. The molecule has 1 aliphatic rings. The molecule has 5 heteroatoms. The fraction of sp³-hybridized carbons (Fsp3) is 0.450. The van der Waals surface area contributed by atoms with Gasteiger partial charge in [0, 0.05) is 31.8 Å². The summed E-state index contributed by atoms with van der Waals surface area (Å²) >= 11 is 0. The van der Waals surface area contributed by atoms with Gasteiger partial charge in [0.2, 0.25) is 11.8 Å². The second-order valence-corrected chi connectivity index (χ2v) is 6.43. The Bertz CT molecular complexity index is 709. The predicted octanol–water partition coefficient (Wildman–Crippen LogP) is 3.83. The standard InChI is InChI=1S/C20H25N3O2/c1-2-18-21-20(22-25-18)17-12-8-14-23(15-17)19(24)13-7-6-11-16-9-4-3-5-10-16/h3-6,9-11,17H,2,7-8,12-15H2,1H3/b11-6+/t17-/m1/s1. The van der Waals surface area contributed by atoms with Gasteiger partial charge in [0.25, 0.3) is 0 Å². The summed E-state index contributed by atoms with van der Waals surface area (Å²) < 4.78 is 5.21. The molecule has 0 bridgehead atoms. The van der Waals surface area contributed by atoms with Gasteiger partial charge in [0.05, 0.1) is 0 Å². The number of hydrogen-bond donors (Lipinski definition) is 0. The molecule has 5 nitrogen and oxygen atoms in total. The van der Waals surface area contributed by atoms with E-state index in [4.69, 9.17) is 4.52 Å². The molecule has 1 aromatic carbocycles. The van der Waals surface area contributed by atoms with Crippen molar-refractivity contribution in [1.29, 1.82) is 0 Å². The van der Waals surface area contributed by atoms with E-state index in [0.717, 1.165) is 43.6 Å². The second kappa shape index (κ2) is 8.60. The maximum atomic E-state index is 12.5. The molecule has 0 radical (unpaired) electrons. The third kappa shape index (κ3) is 4.78. The topological polar surface area (TPSA) is 59.2 Å². The second-order valence-electron chi connectivity index (χ2n) is 6.43. The van der Waals surface area contributed by atoms with E-state index in [-0.39, 0.29) is 11.8 Å². The lowest BCUT2D eigenvalue weighted by molar-refractivity contribution is -0.132. The lowest BCUT2D eigenvalue weighted by Crippen LogP contribution is -2.39. The van der Waals surface area contributed by atoms with Crippen LogP contribution in [0.4, 0.5) is 0 Å². The normalized spacial score (nSPS) is 18.0. The average molecular weight is 339 g/mol. The zero-order valence-corrected chi connectivity index (χ0v) is 14.7. The first-order valence-electron chi connectivity index (χ1n) is 9.08. The summed E-state index contributed by atoms with van der Waals surface area (Å²) in [4.78, 5) is 18.9. The Morgan fingerprint density at radius 3 is 2.96 bits per heavy atom. The van der Waals surface area contributed by atoms with Crippen LogP contribution >= 0.6 is 0 Å². The van der Waals surface area contributed by atoms with Crippen molar-refractivity contribution in [3.63, 3.8) is 0 Å². The Morgan fingerprint density at radius 2 is 2.20 bits per heavy atom. The number of allylic oxidation sites excluding steroid dienone is 1. The van der Waals surface area contributed by atoms with Crippen molar-refractivity contribution in [1.82, 2.24) is 15.0 Å². The lowest BCUT2D eigenvalue weighted by Gasteiger charge is -2.31. The molecule has 25 heavy (non-hydrogen) atoms. The van der Waals surface area contributed by atoms with Gasteiger partial charge >= 0.3 is 0 Å². The number of aromatic nitrogens is 2. The van der Waals surface area contributed by atoms with Gasteiger partial charge in [-0.1, -0.05) is 54.6 Å². The first-order valence-corrected chi connectivity index (χ1v) is 9.08. The van der Waals surface area contributed by atoms with Crippen LogP contribution in [0.15, 0.2) is 40.9 Å². The highest BCUT2D eigenvalue weighted by molar-refractivity contribution is 5.76. The molecule has 0 saturated carbocycles. The van der Waals surface area contributed by atoms with E-state index in [2.05, 4.69) is 34.4 Å². The summed E-state index contributed by atoms with van der Waals surface area (Å²) in [6, 6.07) is 10.1. The summed E-state index contributed by atoms with van der Waals surface area (Å²) in [6.45, 7) is 3.52. The maximum absolute atomic E-state index is 12.5. The minimum Gasteiger partial charge on any atom is -0.342 e. The van der Waals surface area contributed by atoms with Gasteiger partial charge in [0.15, 0.2) is 5.82 Å². The fourth-order valence-corrected chi connectivity index (χ4v) is 3.14. The van der Waals surface area contributed by atoms with Gasteiger partial charge < -0.3 is 9.42 Å². The summed E-state index contributed by atoms with van der Waals surface area (Å²) in [5, 5.41) is 4.08. The van der Waals surface area contributed by atoms with Crippen molar-refractivity contribution >= 4 is 12.0 Å². The van der Waals surface area contributed by atoms with Gasteiger partial charge in [0.1, 0.15) is 0 Å². The van der Waals surface area contributed by atoms with Crippen LogP contribution < -0.4 is 0 Å². The molecular weight excluding hydrogens is 314 g/mol. The van der Waals surface area contributed by atoms with E-state index in [0.29, 0.717) is 18.9 Å². The molecule has 2 heterocycles. The van der Waals surface area contributed by atoms with Gasteiger partial charge in [-0.3, -0.25) is 4.79 Å². The Balaban J connectivity index is 1.49. The molecule has 1 fully saturated rings. The molecule has 0 aliphatic carbocycles. The van der Waals surface area contributed by atoms with Crippen molar-refractivity contribution in [2.75, 3.05) is 13.1 Å². The highest BCUT2D eigenvalue weighted by Gasteiger charge is 2.27. The van der Waals surface area contributed by atoms with Gasteiger partial charge in [-0.25, -0.2) is 0 Å². The molecule has 1 saturated heterocycles. The molecule has 132 valence electrons. The number of aryl methyl sites for hydroxylation is 1. The number of rotatable bonds is 6. The Hall–Kier alpha value is -2.43. The van der Waals surface area contributed by atoms with E-state index >= 15 is 0 Å². The quantitative estimate of drug-likeness (QED) is 0.802. The molecule has 1 atom stereocenters. The Morgan fingerprint density at radius 1 is 1.36 bits per heavy atom. The van der Waals surface area contributed by atoms with Crippen LogP contribution in [0.1, 0.15) is 55.8 Å². The minimum atomic E-state index is 0.196. The van der Waals surface area contributed by atoms with Gasteiger partial charge in [-0.2, -0.15) is 4.98 Å². The van der Waals surface area contributed by atoms with Crippen LogP contribution in [0.2, 0.25) is 0 Å². The third-order valence-corrected chi connectivity index (χ3v) is 4.56. The van der Waals surface area contributed by atoms with Crippen molar-refractivity contribution in [2.45, 2.75) is 44.9 Å². The van der Waals surface area contributed by atoms with Crippen LogP contribution in [0, 0.1) is 0 Å². The molecule has 1 aromatic heterocycles. The van der Waals surface area contributed by atoms with E-state index in [9.17, 15) is 4.79 Å². The summed E-state index contributed by atoms with van der Waals surface area (Å²) in [5.74, 6) is 1.83. The van der Waals surface area contributed by atoms with Crippen molar-refractivity contribution in [2.24, 2.45) is 0 Å². The van der Waals surface area contributed by atoms with Crippen molar-refractivity contribution in [3.8, 4) is 0 Å². The van der Waals surface area contributed by atoms with Crippen LogP contribution in [0.25, 0.3) is 6.08 Å². The van der Waals surface area contributed by atoms with Gasteiger partial charge in [-0.05, 0) is 24.8 Å². The molecule has 1 aliphatic heterocycles. The predicted molar refractivity (Wildman–Crippen MR) is 96.9 cm³/mol. The molecule has 0 spiro atoms. The lowest BCUT2D eigenvalue weighted by atomic mass is 9.97. The monoisotopic (exact) mass is 339 g/mol. The van der Waals surface area contributed by atoms with E-state index in [1.54, 1.807) is 0 Å². The summed E-state index contributed by atoms with van der Waals surface area (Å²) in [6.07, 6.45) is 8.20. The van der Waals surface area contributed by atoms with Gasteiger partial charge in [-0.15, -0.1) is 0 Å².